The van der Waals surface area contributed by atoms with Crippen LogP contribution in [0.2, 0.25) is 0 Å². The summed E-state index contributed by atoms with van der Waals surface area (Å²) in [5.74, 6) is -0.184. The minimum Gasteiger partial charge on any atom is -0.323 e. The number of hydrogen-bond donors (Lipinski definition) is 0. The van der Waals surface area contributed by atoms with Gasteiger partial charge in [0.2, 0.25) is 0 Å². The van der Waals surface area contributed by atoms with Crippen LogP contribution in [-0.2, 0) is 0 Å². The molecule has 1 aromatic rings. The fourth-order valence-corrected chi connectivity index (χ4v) is 1.69. The van der Waals surface area contributed by atoms with Crippen LogP contribution in [0.3, 0.4) is 0 Å². The van der Waals surface area contributed by atoms with Crippen LogP contribution in [0.15, 0.2) is 22.9 Å². The maximum absolute atomic E-state index is 12.1. The second kappa shape index (κ2) is 5.61. The van der Waals surface area contributed by atoms with E-state index in [9.17, 15) is 4.79 Å². The zero-order valence-corrected chi connectivity index (χ0v) is 10.7. The van der Waals surface area contributed by atoms with Crippen molar-refractivity contribution in [2.75, 3.05) is 6.54 Å². The second-order valence-electron chi connectivity index (χ2n) is 3.53. The van der Waals surface area contributed by atoms with Crippen molar-refractivity contribution in [3.05, 3.63) is 28.5 Å². The van der Waals surface area contributed by atoms with Gasteiger partial charge in [0.15, 0.2) is 0 Å². The minimum absolute atomic E-state index is 0.0146. The van der Waals surface area contributed by atoms with Gasteiger partial charge in [-0.15, -0.1) is 0 Å². The second-order valence-corrected chi connectivity index (χ2v) is 4.28. The molecule has 1 aromatic heterocycles. The molecular formula is C11H12BrN3O. The van der Waals surface area contributed by atoms with Gasteiger partial charge in [0.05, 0.1) is 11.6 Å². The molecule has 0 unspecified atom stereocenters. The van der Waals surface area contributed by atoms with E-state index in [0.717, 1.165) is 0 Å². The molecule has 0 fully saturated rings. The molecule has 0 aliphatic heterocycles. The zero-order valence-electron chi connectivity index (χ0n) is 9.14. The van der Waals surface area contributed by atoms with Crippen LogP contribution in [-0.4, -0.2) is 28.4 Å². The lowest BCUT2D eigenvalue weighted by molar-refractivity contribution is 0.0730. The highest BCUT2D eigenvalue weighted by Gasteiger charge is 2.20. The van der Waals surface area contributed by atoms with Crippen LogP contribution in [0.25, 0.3) is 0 Å². The topological polar surface area (TPSA) is 57.0 Å². The Morgan fingerprint density at radius 3 is 2.88 bits per heavy atom. The molecule has 0 aromatic carbocycles. The summed E-state index contributed by atoms with van der Waals surface area (Å²) in [4.78, 5) is 17.6. The fraction of sp³-hybridized carbons (Fsp3) is 0.364. The van der Waals surface area contributed by atoms with Crippen molar-refractivity contribution < 1.29 is 4.79 Å². The van der Waals surface area contributed by atoms with Gasteiger partial charge in [-0.3, -0.25) is 4.79 Å². The lowest BCUT2D eigenvalue weighted by Gasteiger charge is -2.24. The van der Waals surface area contributed by atoms with Crippen LogP contribution in [0.5, 0.6) is 0 Å². The summed E-state index contributed by atoms with van der Waals surface area (Å²) in [7, 11) is 0. The SMILES string of the molecule is CC(C)N(CC#N)C(=O)c1cccnc1Br. The Kier molecular flexibility index (Phi) is 4.44. The molecule has 84 valence electrons. The number of hydrogen-bond acceptors (Lipinski definition) is 3. The maximum atomic E-state index is 12.1. The molecule has 0 aliphatic rings. The number of pyridine rings is 1. The zero-order chi connectivity index (χ0) is 12.1. The van der Waals surface area contributed by atoms with Crippen LogP contribution in [0.4, 0.5) is 0 Å². The number of aromatic nitrogens is 1. The van der Waals surface area contributed by atoms with Crippen LogP contribution >= 0.6 is 15.9 Å². The van der Waals surface area contributed by atoms with Crippen molar-refractivity contribution in [1.82, 2.24) is 9.88 Å². The number of nitrogens with zero attached hydrogens (tertiary/aromatic N) is 3. The van der Waals surface area contributed by atoms with Crippen molar-refractivity contribution in [2.45, 2.75) is 19.9 Å². The average Bonchev–Trinajstić information content (AvgIpc) is 2.25. The highest BCUT2D eigenvalue weighted by Crippen LogP contribution is 2.16. The molecular weight excluding hydrogens is 270 g/mol. The largest absolute Gasteiger partial charge is 0.323 e. The molecule has 5 heteroatoms. The number of rotatable bonds is 3. The third kappa shape index (κ3) is 2.80. The first-order valence-electron chi connectivity index (χ1n) is 4.86. The van der Waals surface area contributed by atoms with Crippen LogP contribution in [0, 0.1) is 11.3 Å². The van der Waals surface area contributed by atoms with Gasteiger partial charge in [0, 0.05) is 12.2 Å². The highest BCUT2D eigenvalue weighted by atomic mass is 79.9. The summed E-state index contributed by atoms with van der Waals surface area (Å²) >= 11 is 3.22. The Bertz CT molecular complexity index is 425. The van der Waals surface area contributed by atoms with Crippen molar-refractivity contribution in [3.8, 4) is 6.07 Å². The molecule has 0 N–H and O–H groups in total. The van der Waals surface area contributed by atoms with E-state index in [2.05, 4.69) is 20.9 Å². The van der Waals surface area contributed by atoms with E-state index >= 15 is 0 Å². The predicted molar refractivity (Wildman–Crippen MR) is 63.7 cm³/mol. The van der Waals surface area contributed by atoms with Gasteiger partial charge in [0.25, 0.3) is 5.91 Å². The fourth-order valence-electron chi connectivity index (χ4n) is 1.27. The molecule has 0 radical (unpaired) electrons. The van der Waals surface area contributed by atoms with E-state index in [4.69, 9.17) is 5.26 Å². The third-order valence-electron chi connectivity index (χ3n) is 2.11. The minimum atomic E-state index is -0.184. The average molecular weight is 282 g/mol. The summed E-state index contributed by atoms with van der Waals surface area (Å²) in [5, 5.41) is 8.68. The van der Waals surface area contributed by atoms with Gasteiger partial charge >= 0.3 is 0 Å². The molecule has 0 saturated carbocycles. The van der Waals surface area contributed by atoms with Gasteiger partial charge < -0.3 is 4.90 Å². The Morgan fingerprint density at radius 1 is 1.69 bits per heavy atom. The van der Waals surface area contributed by atoms with Gasteiger partial charge in [0.1, 0.15) is 11.1 Å². The van der Waals surface area contributed by atoms with Crippen molar-refractivity contribution in [1.29, 1.82) is 5.26 Å². The lowest BCUT2D eigenvalue weighted by Crippen LogP contribution is -2.37. The van der Waals surface area contributed by atoms with Gasteiger partial charge in [-0.25, -0.2) is 4.98 Å². The van der Waals surface area contributed by atoms with Crippen molar-refractivity contribution >= 4 is 21.8 Å². The van der Waals surface area contributed by atoms with E-state index in [1.165, 1.54) is 4.90 Å². The molecule has 0 spiro atoms. The van der Waals surface area contributed by atoms with E-state index in [0.29, 0.717) is 10.2 Å². The molecule has 0 saturated heterocycles. The first-order chi connectivity index (χ1) is 7.57. The van der Waals surface area contributed by atoms with E-state index in [-0.39, 0.29) is 18.5 Å². The maximum Gasteiger partial charge on any atom is 0.257 e. The molecule has 1 rings (SSSR count). The monoisotopic (exact) mass is 281 g/mol. The number of carbonyl (C=O) groups excluding carboxylic acids is 1. The van der Waals surface area contributed by atoms with Gasteiger partial charge in [-0.2, -0.15) is 5.26 Å². The Morgan fingerprint density at radius 2 is 2.38 bits per heavy atom. The van der Waals surface area contributed by atoms with Crippen molar-refractivity contribution in [3.63, 3.8) is 0 Å². The summed E-state index contributed by atoms with van der Waals surface area (Å²) in [6.45, 7) is 3.83. The van der Waals surface area contributed by atoms with E-state index < -0.39 is 0 Å². The summed E-state index contributed by atoms with van der Waals surface area (Å²) in [6, 6.07) is 5.36. The Balaban J connectivity index is 3.01. The molecule has 0 aliphatic carbocycles. The number of carbonyl (C=O) groups is 1. The summed E-state index contributed by atoms with van der Waals surface area (Å²) in [5.41, 5.74) is 0.478. The Hall–Kier alpha value is -1.41. The molecule has 16 heavy (non-hydrogen) atoms. The van der Waals surface area contributed by atoms with E-state index in [1.54, 1.807) is 18.3 Å². The van der Waals surface area contributed by atoms with E-state index in [1.807, 2.05) is 19.9 Å². The third-order valence-corrected chi connectivity index (χ3v) is 2.75. The normalized spacial score (nSPS) is 9.94. The van der Waals surface area contributed by atoms with Gasteiger partial charge in [-0.1, -0.05) is 0 Å². The lowest BCUT2D eigenvalue weighted by atomic mass is 10.2. The standard InChI is InChI=1S/C11H12BrN3O/c1-8(2)15(7-5-13)11(16)9-4-3-6-14-10(9)12/h3-4,6,8H,7H2,1-2H3. The molecule has 1 heterocycles. The Labute approximate surface area is 103 Å². The quantitative estimate of drug-likeness (QED) is 0.631. The highest BCUT2D eigenvalue weighted by molar-refractivity contribution is 9.10. The molecule has 0 bridgehead atoms. The first-order valence-corrected chi connectivity index (χ1v) is 5.65. The predicted octanol–water partition coefficient (Wildman–Crippen LogP) is 2.22. The molecule has 0 atom stereocenters. The number of nitriles is 1. The number of amides is 1. The van der Waals surface area contributed by atoms with Crippen molar-refractivity contribution in [2.24, 2.45) is 0 Å². The number of halogens is 1. The van der Waals surface area contributed by atoms with Crippen LogP contribution < -0.4 is 0 Å². The van der Waals surface area contributed by atoms with Crippen LogP contribution in [0.1, 0.15) is 24.2 Å². The summed E-state index contributed by atoms with van der Waals surface area (Å²) < 4.78 is 0.503. The van der Waals surface area contributed by atoms with Gasteiger partial charge in [-0.05, 0) is 41.9 Å². The molecule has 4 nitrogen and oxygen atoms in total. The summed E-state index contributed by atoms with van der Waals surface area (Å²) in [6.07, 6.45) is 1.60. The molecule has 1 amide bonds. The smallest absolute Gasteiger partial charge is 0.257 e. The first kappa shape index (κ1) is 12.7.